The van der Waals surface area contributed by atoms with Gasteiger partial charge in [-0.05, 0) is 72.4 Å². The summed E-state index contributed by atoms with van der Waals surface area (Å²) in [5.41, 5.74) is 4.89. The number of nitrogens with one attached hydrogen (secondary N) is 1. The molecule has 1 aliphatic carbocycles. The SMILES string of the molecule is COc1ccc(-c2nc(SCc3cc(=O)oc4cc5c(cc34)CCC5)n[nH]2)cc1. The van der Waals surface area contributed by atoms with E-state index >= 15 is 0 Å². The van der Waals surface area contributed by atoms with Crippen LogP contribution in [0.4, 0.5) is 0 Å². The minimum atomic E-state index is -0.319. The van der Waals surface area contributed by atoms with E-state index in [2.05, 4.69) is 21.2 Å². The van der Waals surface area contributed by atoms with Crippen molar-refractivity contribution in [1.29, 1.82) is 0 Å². The van der Waals surface area contributed by atoms with Gasteiger partial charge in [0.15, 0.2) is 5.82 Å². The molecule has 0 aliphatic heterocycles. The molecule has 0 spiro atoms. The van der Waals surface area contributed by atoms with Gasteiger partial charge in [0.1, 0.15) is 11.3 Å². The maximum atomic E-state index is 12.0. The van der Waals surface area contributed by atoms with Crippen molar-refractivity contribution in [1.82, 2.24) is 15.2 Å². The average Bonchev–Trinajstić information content (AvgIpc) is 3.39. The van der Waals surface area contributed by atoms with Gasteiger partial charge < -0.3 is 9.15 Å². The van der Waals surface area contributed by atoms with Gasteiger partial charge in [-0.1, -0.05) is 11.8 Å². The fourth-order valence-corrected chi connectivity index (χ4v) is 4.53. The van der Waals surface area contributed by atoms with E-state index in [1.165, 1.54) is 22.9 Å². The summed E-state index contributed by atoms with van der Waals surface area (Å²) in [4.78, 5) is 16.6. The molecule has 1 N–H and O–H groups in total. The van der Waals surface area contributed by atoms with E-state index in [4.69, 9.17) is 9.15 Å². The van der Waals surface area contributed by atoms with Crippen LogP contribution >= 0.6 is 11.8 Å². The van der Waals surface area contributed by atoms with Crippen LogP contribution in [0.5, 0.6) is 5.75 Å². The van der Waals surface area contributed by atoms with Gasteiger partial charge in [0, 0.05) is 22.8 Å². The summed E-state index contributed by atoms with van der Waals surface area (Å²) in [6.07, 6.45) is 3.30. The van der Waals surface area contributed by atoms with Crippen LogP contribution in [0.15, 0.2) is 56.8 Å². The molecule has 2 aromatic heterocycles. The standard InChI is InChI=1S/C22H19N3O3S/c1-27-17-7-5-13(6-8-17)21-23-22(25-24-21)29-12-16-11-20(26)28-19-10-15-4-2-3-14(15)9-18(16)19/h5-11H,2-4,12H2,1H3,(H,23,24,25). The van der Waals surface area contributed by atoms with E-state index < -0.39 is 0 Å². The lowest BCUT2D eigenvalue weighted by molar-refractivity contribution is 0.415. The number of aryl methyl sites for hydroxylation is 2. The number of methoxy groups -OCH3 is 1. The molecule has 0 unspecified atom stereocenters. The molecule has 29 heavy (non-hydrogen) atoms. The Morgan fingerprint density at radius 1 is 1.14 bits per heavy atom. The predicted octanol–water partition coefficient (Wildman–Crippen LogP) is 4.37. The van der Waals surface area contributed by atoms with Crippen LogP contribution in [-0.2, 0) is 18.6 Å². The molecule has 0 amide bonds. The Hall–Kier alpha value is -3.06. The van der Waals surface area contributed by atoms with Crippen molar-refractivity contribution in [2.24, 2.45) is 0 Å². The first-order valence-electron chi connectivity index (χ1n) is 9.48. The molecule has 2 aromatic carbocycles. The third kappa shape index (κ3) is 3.53. The number of aromatic nitrogens is 3. The lowest BCUT2D eigenvalue weighted by Gasteiger charge is -2.07. The Kier molecular flexibility index (Phi) is 4.60. The van der Waals surface area contributed by atoms with Crippen LogP contribution in [0.2, 0.25) is 0 Å². The number of fused-ring (bicyclic) bond motifs is 2. The molecular weight excluding hydrogens is 386 g/mol. The second-order valence-electron chi connectivity index (χ2n) is 7.05. The molecule has 0 saturated heterocycles. The molecule has 0 saturated carbocycles. The van der Waals surface area contributed by atoms with Crippen LogP contribution in [0.1, 0.15) is 23.1 Å². The molecule has 4 aromatic rings. The van der Waals surface area contributed by atoms with Crippen molar-refractivity contribution < 1.29 is 9.15 Å². The van der Waals surface area contributed by atoms with Crippen molar-refractivity contribution in [2.75, 3.05) is 7.11 Å². The van der Waals surface area contributed by atoms with Crippen molar-refractivity contribution in [3.05, 3.63) is 69.6 Å². The molecule has 146 valence electrons. The first kappa shape index (κ1) is 18.0. The van der Waals surface area contributed by atoms with Gasteiger partial charge in [-0.3, -0.25) is 5.10 Å². The highest BCUT2D eigenvalue weighted by molar-refractivity contribution is 7.98. The monoisotopic (exact) mass is 405 g/mol. The summed E-state index contributed by atoms with van der Waals surface area (Å²) < 4.78 is 10.6. The Labute approximate surface area is 171 Å². The highest BCUT2D eigenvalue weighted by Gasteiger charge is 2.16. The van der Waals surface area contributed by atoms with Crippen molar-refractivity contribution in [2.45, 2.75) is 30.2 Å². The van der Waals surface area contributed by atoms with Crippen molar-refractivity contribution in [3.63, 3.8) is 0 Å². The zero-order chi connectivity index (χ0) is 19.8. The average molecular weight is 405 g/mol. The summed E-state index contributed by atoms with van der Waals surface area (Å²) in [7, 11) is 1.64. The van der Waals surface area contributed by atoms with Crippen molar-refractivity contribution >= 4 is 22.7 Å². The Morgan fingerprint density at radius 3 is 2.72 bits per heavy atom. The molecule has 0 fully saturated rings. The number of benzene rings is 2. The molecule has 6 nitrogen and oxygen atoms in total. The second-order valence-corrected chi connectivity index (χ2v) is 7.99. The topological polar surface area (TPSA) is 81.0 Å². The Morgan fingerprint density at radius 2 is 1.93 bits per heavy atom. The molecule has 2 heterocycles. The number of hydrogen-bond acceptors (Lipinski definition) is 6. The lowest BCUT2D eigenvalue weighted by atomic mass is 10.0. The fraction of sp³-hybridized carbons (Fsp3) is 0.227. The third-order valence-electron chi connectivity index (χ3n) is 5.23. The van der Waals surface area contributed by atoms with Gasteiger partial charge in [-0.2, -0.15) is 0 Å². The number of aromatic amines is 1. The highest BCUT2D eigenvalue weighted by atomic mass is 32.2. The van der Waals surface area contributed by atoms with Gasteiger partial charge in [0.05, 0.1) is 7.11 Å². The zero-order valence-electron chi connectivity index (χ0n) is 15.9. The normalized spacial score (nSPS) is 13.0. The minimum Gasteiger partial charge on any atom is -0.497 e. The second kappa shape index (κ2) is 7.40. The maximum Gasteiger partial charge on any atom is 0.336 e. The van der Waals surface area contributed by atoms with Crippen LogP contribution in [-0.4, -0.2) is 22.3 Å². The Balaban J connectivity index is 1.39. The third-order valence-corrected chi connectivity index (χ3v) is 6.12. The molecule has 5 rings (SSSR count). The van der Waals surface area contributed by atoms with Gasteiger partial charge in [0.2, 0.25) is 5.16 Å². The number of rotatable bonds is 5. The maximum absolute atomic E-state index is 12.0. The number of H-pyrrole nitrogens is 1. The van der Waals surface area contributed by atoms with Gasteiger partial charge >= 0.3 is 5.63 Å². The molecule has 0 bridgehead atoms. The minimum absolute atomic E-state index is 0.319. The van der Waals surface area contributed by atoms with Crippen LogP contribution in [0.3, 0.4) is 0 Å². The van der Waals surface area contributed by atoms with Gasteiger partial charge in [0.25, 0.3) is 0 Å². The fourth-order valence-electron chi connectivity index (χ4n) is 3.75. The number of hydrogen-bond donors (Lipinski definition) is 1. The molecule has 1 aliphatic rings. The first-order chi connectivity index (χ1) is 14.2. The number of nitrogens with zero attached hydrogens (tertiary/aromatic N) is 2. The van der Waals surface area contributed by atoms with Gasteiger partial charge in [-0.15, -0.1) is 5.10 Å². The van der Waals surface area contributed by atoms with E-state index in [0.717, 1.165) is 41.5 Å². The van der Waals surface area contributed by atoms with E-state index in [1.807, 2.05) is 30.3 Å². The Bertz CT molecular complexity index is 1240. The highest BCUT2D eigenvalue weighted by Crippen LogP contribution is 2.31. The first-order valence-corrected chi connectivity index (χ1v) is 10.5. The summed E-state index contributed by atoms with van der Waals surface area (Å²) in [5, 5.41) is 8.92. The molecular formula is C22H19N3O3S. The van der Waals surface area contributed by atoms with E-state index in [9.17, 15) is 4.79 Å². The van der Waals surface area contributed by atoms with Crippen molar-refractivity contribution in [3.8, 4) is 17.1 Å². The molecule has 0 atom stereocenters. The van der Waals surface area contributed by atoms with Crippen LogP contribution in [0.25, 0.3) is 22.4 Å². The lowest BCUT2D eigenvalue weighted by Crippen LogP contribution is -2.01. The van der Waals surface area contributed by atoms with Crippen LogP contribution < -0.4 is 10.4 Å². The largest absolute Gasteiger partial charge is 0.497 e. The van der Waals surface area contributed by atoms with E-state index in [1.54, 1.807) is 13.2 Å². The summed E-state index contributed by atoms with van der Waals surface area (Å²) >= 11 is 1.49. The summed E-state index contributed by atoms with van der Waals surface area (Å²) in [6.45, 7) is 0. The molecule has 0 radical (unpaired) electrons. The summed E-state index contributed by atoms with van der Waals surface area (Å²) in [5.74, 6) is 2.09. The predicted molar refractivity (Wildman–Crippen MR) is 112 cm³/mol. The summed E-state index contributed by atoms with van der Waals surface area (Å²) in [6, 6.07) is 13.4. The zero-order valence-corrected chi connectivity index (χ0v) is 16.7. The smallest absolute Gasteiger partial charge is 0.336 e. The molecule has 7 heteroatoms. The number of ether oxygens (including phenoxy) is 1. The van der Waals surface area contributed by atoms with Gasteiger partial charge in [-0.25, -0.2) is 9.78 Å². The number of thioether (sulfide) groups is 1. The van der Waals surface area contributed by atoms with E-state index in [-0.39, 0.29) is 5.63 Å². The van der Waals surface area contributed by atoms with Crippen LogP contribution in [0, 0.1) is 0 Å². The quantitative estimate of drug-likeness (QED) is 0.392. The van der Waals surface area contributed by atoms with E-state index in [0.29, 0.717) is 22.3 Å².